The van der Waals surface area contributed by atoms with Crippen molar-refractivity contribution in [3.8, 4) is 11.5 Å². The maximum absolute atomic E-state index is 12.6. The van der Waals surface area contributed by atoms with Gasteiger partial charge in [0.25, 0.3) is 0 Å². The van der Waals surface area contributed by atoms with Gasteiger partial charge in [-0.2, -0.15) is 0 Å². The third-order valence-corrected chi connectivity index (χ3v) is 5.59. The lowest BCUT2D eigenvalue weighted by Crippen LogP contribution is -2.01. The van der Waals surface area contributed by atoms with Gasteiger partial charge in [-0.1, -0.05) is 47.5 Å². The van der Waals surface area contributed by atoms with E-state index in [1.165, 1.54) is 18.2 Å². The zero-order valence-electron chi connectivity index (χ0n) is 12.3. The van der Waals surface area contributed by atoms with E-state index in [1.807, 2.05) is 0 Å². The molecule has 3 aromatic rings. The molecule has 0 amide bonds. The molecule has 6 heteroatoms. The van der Waals surface area contributed by atoms with Gasteiger partial charge >= 0.3 is 0 Å². The van der Waals surface area contributed by atoms with Crippen molar-refractivity contribution in [2.24, 2.45) is 0 Å². The molecule has 0 unspecified atom stereocenters. The Morgan fingerprint density at radius 1 is 0.750 bits per heavy atom. The average Bonchev–Trinajstić information content (AvgIpc) is 2.57. The van der Waals surface area contributed by atoms with Crippen molar-refractivity contribution in [1.82, 2.24) is 0 Å². The Kier molecular flexibility index (Phi) is 4.81. The van der Waals surface area contributed by atoms with E-state index < -0.39 is 9.84 Å². The maximum atomic E-state index is 12.6. The van der Waals surface area contributed by atoms with Crippen LogP contribution in [0.1, 0.15) is 0 Å². The first kappa shape index (κ1) is 16.8. The molecule has 0 aliphatic rings. The Bertz CT molecular complexity index is 971. The number of hydrogen-bond acceptors (Lipinski definition) is 3. The van der Waals surface area contributed by atoms with Gasteiger partial charge in [0.15, 0.2) is 0 Å². The van der Waals surface area contributed by atoms with E-state index in [9.17, 15) is 8.42 Å². The molecule has 0 bridgehead atoms. The molecule has 3 rings (SSSR count). The molecule has 0 saturated heterocycles. The fraction of sp³-hybridized carbons (Fsp3) is 0. The molecule has 0 atom stereocenters. The van der Waals surface area contributed by atoms with Gasteiger partial charge in [-0.15, -0.1) is 0 Å². The summed E-state index contributed by atoms with van der Waals surface area (Å²) in [6.07, 6.45) is 0. The van der Waals surface area contributed by atoms with Gasteiger partial charge in [-0.3, -0.25) is 0 Å². The Morgan fingerprint density at radius 2 is 1.50 bits per heavy atom. The van der Waals surface area contributed by atoms with Crippen molar-refractivity contribution in [3.05, 3.63) is 82.8 Å². The standard InChI is InChI=1S/C18H12Cl2O3S/c19-13-5-4-6-14(11-13)23-18-10-9-16(12-17(18)20)24(21,22)15-7-2-1-3-8-15/h1-12H. The Balaban J connectivity index is 1.93. The highest BCUT2D eigenvalue weighted by molar-refractivity contribution is 7.91. The minimum Gasteiger partial charge on any atom is -0.456 e. The number of sulfone groups is 1. The van der Waals surface area contributed by atoms with E-state index in [-0.39, 0.29) is 14.8 Å². The summed E-state index contributed by atoms with van der Waals surface area (Å²) in [5, 5.41) is 0.735. The van der Waals surface area contributed by atoms with E-state index in [0.717, 1.165) is 0 Å². The minimum absolute atomic E-state index is 0.108. The van der Waals surface area contributed by atoms with Crippen LogP contribution in [0.2, 0.25) is 10.0 Å². The van der Waals surface area contributed by atoms with Crippen LogP contribution in [0.3, 0.4) is 0 Å². The first-order valence-corrected chi connectivity index (χ1v) is 9.24. The highest BCUT2D eigenvalue weighted by Gasteiger charge is 2.19. The highest BCUT2D eigenvalue weighted by atomic mass is 35.5. The van der Waals surface area contributed by atoms with Gasteiger partial charge in [-0.25, -0.2) is 8.42 Å². The van der Waals surface area contributed by atoms with Crippen molar-refractivity contribution >= 4 is 33.0 Å². The predicted molar refractivity (Wildman–Crippen MR) is 94.9 cm³/mol. The summed E-state index contributed by atoms with van der Waals surface area (Å²) in [5.41, 5.74) is 0. The first-order valence-electron chi connectivity index (χ1n) is 7.00. The minimum atomic E-state index is -3.62. The number of rotatable bonds is 4. The van der Waals surface area contributed by atoms with Crippen LogP contribution in [0.25, 0.3) is 0 Å². The lowest BCUT2D eigenvalue weighted by molar-refractivity contribution is 0.482. The van der Waals surface area contributed by atoms with Crippen LogP contribution in [0.4, 0.5) is 0 Å². The molecular weight excluding hydrogens is 367 g/mol. The zero-order valence-corrected chi connectivity index (χ0v) is 14.6. The van der Waals surface area contributed by atoms with Crippen LogP contribution >= 0.6 is 23.2 Å². The van der Waals surface area contributed by atoms with Crippen LogP contribution in [-0.2, 0) is 9.84 Å². The van der Waals surface area contributed by atoms with Gasteiger partial charge in [0, 0.05) is 5.02 Å². The SMILES string of the molecule is O=S(=O)(c1ccccc1)c1ccc(Oc2cccc(Cl)c2)c(Cl)c1. The molecule has 3 nitrogen and oxygen atoms in total. The lowest BCUT2D eigenvalue weighted by atomic mass is 10.3. The lowest BCUT2D eigenvalue weighted by Gasteiger charge is -2.10. The molecule has 3 aromatic carbocycles. The van der Waals surface area contributed by atoms with Crippen LogP contribution in [0.15, 0.2) is 82.6 Å². The fourth-order valence-electron chi connectivity index (χ4n) is 2.12. The Morgan fingerprint density at radius 3 is 2.17 bits per heavy atom. The normalized spacial score (nSPS) is 11.2. The Labute approximate surface area is 150 Å². The molecule has 0 aliphatic heterocycles. The molecule has 0 radical (unpaired) electrons. The smallest absolute Gasteiger partial charge is 0.206 e. The third kappa shape index (κ3) is 3.56. The zero-order chi connectivity index (χ0) is 17.2. The van der Waals surface area contributed by atoms with E-state index in [2.05, 4.69) is 0 Å². The molecule has 0 aromatic heterocycles. The molecule has 0 fully saturated rings. The van der Waals surface area contributed by atoms with Gasteiger partial charge in [0.2, 0.25) is 9.84 Å². The summed E-state index contributed by atoms with van der Waals surface area (Å²) in [6, 6.07) is 19.4. The summed E-state index contributed by atoms with van der Waals surface area (Å²) in [7, 11) is -3.62. The van der Waals surface area contributed by atoms with Gasteiger partial charge < -0.3 is 4.74 Å². The largest absolute Gasteiger partial charge is 0.456 e. The summed E-state index contributed by atoms with van der Waals surface area (Å²) >= 11 is 12.1. The number of ether oxygens (including phenoxy) is 1. The summed E-state index contributed by atoms with van der Waals surface area (Å²) in [4.78, 5) is 0.321. The number of halogens is 2. The molecule has 0 saturated carbocycles. The van der Waals surface area contributed by atoms with Crippen molar-refractivity contribution in [3.63, 3.8) is 0 Å². The third-order valence-electron chi connectivity index (χ3n) is 3.29. The number of benzene rings is 3. The second kappa shape index (κ2) is 6.85. The summed E-state index contributed by atoms with van der Waals surface area (Å²) in [6.45, 7) is 0. The quantitative estimate of drug-likeness (QED) is 0.591. The molecule has 0 heterocycles. The van der Waals surface area contributed by atoms with Crippen LogP contribution in [-0.4, -0.2) is 8.42 Å². The van der Waals surface area contributed by atoms with E-state index in [1.54, 1.807) is 54.6 Å². The predicted octanol–water partition coefficient (Wildman–Crippen LogP) is 5.62. The maximum Gasteiger partial charge on any atom is 0.206 e. The first-order chi connectivity index (χ1) is 11.5. The number of hydrogen-bond donors (Lipinski definition) is 0. The molecule has 0 N–H and O–H groups in total. The highest BCUT2D eigenvalue weighted by Crippen LogP contribution is 2.33. The molecular formula is C18H12Cl2O3S. The molecule has 122 valence electrons. The van der Waals surface area contributed by atoms with E-state index >= 15 is 0 Å². The summed E-state index contributed by atoms with van der Waals surface area (Å²) < 4.78 is 30.8. The molecule has 0 aliphatic carbocycles. The van der Waals surface area contributed by atoms with E-state index in [0.29, 0.717) is 16.5 Å². The van der Waals surface area contributed by atoms with Gasteiger partial charge in [0.05, 0.1) is 14.8 Å². The summed E-state index contributed by atoms with van der Waals surface area (Å²) in [5.74, 6) is 0.869. The second-order valence-corrected chi connectivity index (χ2v) is 7.76. The van der Waals surface area contributed by atoms with Gasteiger partial charge in [-0.05, 0) is 48.5 Å². The monoisotopic (exact) mass is 378 g/mol. The van der Waals surface area contributed by atoms with E-state index in [4.69, 9.17) is 27.9 Å². The second-order valence-electron chi connectivity index (χ2n) is 4.97. The van der Waals surface area contributed by atoms with Crippen molar-refractivity contribution < 1.29 is 13.2 Å². The topological polar surface area (TPSA) is 43.4 Å². The van der Waals surface area contributed by atoms with Gasteiger partial charge in [0.1, 0.15) is 11.5 Å². The van der Waals surface area contributed by atoms with Crippen molar-refractivity contribution in [2.75, 3.05) is 0 Å². The molecule has 24 heavy (non-hydrogen) atoms. The molecule has 0 spiro atoms. The van der Waals surface area contributed by atoms with Crippen molar-refractivity contribution in [1.29, 1.82) is 0 Å². The van der Waals surface area contributed by atoms with Crippen LogP contribution in [0, 0.1) is 0 Å². The Hall–Kier alpha value is -2.01. The average molecular weight is 379 g/mol. The van der Waals surface area contributed by atoms with Crippen molar-refractivity contribution in [2.45, 2.75) is 9.79 Å². The van der Waals surface area contributed by atoms with Crippen LogP contribution in [0.5, 0.6) is 11.5 Å². The van der Waals surface area contributed by atoms with Crippen LogP contribution < -0.4 is 4.74 Å². The fourth-order valence-corrected chi connectivity index (χ4v) is 3.90.